The lowest BCUT2D eigenvalue weighted by Gasteiger charge is -2.37. The molecular weight excluding hydrogens is 708 g/mol. The largest absolute Gasteiger partial charge is 0.376 e. The van der Waals surface area contributed by atoms with E-state index in [0.29, 0.717) is 0 Å². The van der Waals surface area contributed by atoms with Crippen molar-refractivity contribution in [2.45, 2.75) is 24.4 Å². The first-order valence-corrected chi connectivity index (χ1v) is 14.4. The summed E-state index contributed by atoms with van der Waals surface area (Å²) in [6.45, 7) is -11.8. The SMILES string of the molecule is FCOCC(COCF)OCC(COC(COCF)COCF)(COC(COCCOF)COOF)COC(COCCOF)COOF. The standard InChI is InChI=1S/C25H44F8O16/c26-17-36-7-21(8-37-18-27)40-13-25(14-41-22(9-38-19-28)10-39-20-29,15-42-23(11-46-48-32)5-34-1-3-44-30)16-43-24(12-47-49-33)6-35-2-4-45-31/h21-24H,1-20H2. The highest BCUT2D eigenvalue weighted by atomic mass is 19.3. The van der Waals surface area contributed by atoms with Crippen molar-refractivity contribution in [3.63, 3.8) is 0 Å². The summed E-state index contributed by atoms with van der Waals surface area (Å²) in [4.78, 5) is 15.4. The van der Waals surface area contributed by atoms with E-state index in [1.165, 1.54) is 0 Å². The fraction of sp³-hybridized carbons (Fsp3) is 1.00. The van der Waals surface area contributed by atoms with Crippen LogP contribution >= 0.6 is 0 Å². The Morgan fingerprint density at radius 3 is 0.918 bits per heavy atom. The molecule has 2 atom stereocenters. The highest BCUT2D eigenvalue weighted by Crippen LogP contribution is 2.25. The Kier molecular flexibility index (Phi) is 34.4. The summed E-state index contributed by atoms with van der Waals surface area (Å²) < 4.78 is 153. The topological polar surface area (TPSA) is 148 Å². The second-order valence-electron chi connectivity index (χ2n) is 9.62. The van der Waals surface area contributed by atoms with Gasteiger partial charge in [-0.3, -0.25) is 0 Å². The van der Waals surface area contributed by atoms with Crippen LogP contribution in [0.4, 0.5) is 35.7 Å². The molecule has 0 bridgehead atoms. The molecule has 0 aliphatic rings. The summed E-state index contributed by atoms with van der Waals surface area (Å²) in [7, 11) is 0. The molecule has 0 heterocycles. The third-order valence-electron chi connectivity index (χ3n) is 5.84. The molecule has 0 N–H and O–H groups in total. The first-order valence-electron chi connectivity index (χ1n) is 14.4. The molecule has 16 nitrogen and oxygen atoms in total. The van der Waals surface area contributed by atoms with Crippen molar-refractivity contribution < 1.29 is 113 Å². The van der Waals surface area contributed by atoms with Crippen LogP contribution in [0.3, 0.4) is 0 Å². The second kappa shape index (κ2) is 35.2. The normalized spacial score (nSPS) is 13.6. The van der Waals surface area contributed by atoms with Crippen LogP contribution in [0.15, 0.2) is 0 Å². The van der Waals surface area contributed by atoms with Gasteiger partial charge >= 0.3 is 0 Å². The lowest BCUT2D eigenvalue weighted by Crippen LogP contribution is -2.48. The van der Waals surface area contributed by atoms with Gasteiger partial charge in [0.25, 0.3) is 0 Å². The van der Waals surface area contributed by atoms with Crippen molar-refractivity contribution >= 4 is 0 Å². The van der Waals surface area contributed by atoms with Crippen LogP contribution in [0.5, 0.6) is 0 Å². The Hall–Kier alpha value is -1.20. The number of alkyl halides is 4. The molecule has 0 amide bonds. The molecule has 0 rings (SSSR count). The Labute approximate surface area is 276 Å². The van der Waals surface area contributed by atoms with Crippen LogP contribution < -0.4 is 0 Å². The molecule has 0 aliphatic heterocycles. The highest BCUT2D eigenvalue weighted by molar-refractivity contribution is 4.82. The van der Waals surface area contributed by atoms with E-state index < -0.39 is 137 Å². The van der Waals surface area contributed by atoms with E-state index >= 15 is 0 Å². The molecule has 0 spiro atoms. The molecular formula is C25H44F8O16. The summed E-state index contributed by atoms with van der Waals surface area (Å²) >= 11 is 0. The van der Waals surface area contributed by atoms with Gasteiger partial charge in [0.15, 0.2) is 27.4 Å². The van der Waals surface area contributed by atoms with Crippen molar-refractivity contribution in [3.05, 3.63) is 0 Å². The van der Waals surface area contributed by atoms with E-state index in [1.807, 2.05) is 0 Å². The maximum atomic E-state index is 12.8. The highest BCUT2D eigenvalue weighted by Gasteiger charge is 2.37. The monoisotopic (exact) mass is 752 g/mol. The summed E-state index contributed by atoms with van der Waals surface area (Å²) in [6, 6.07) is 0. The number of ether oxygens (including phenoxy) is 10. The molecule has 0 aliphatic carbocycles. The molecule has 0 fully saturated rings. The molecule has 0 saturated heterocycles. The smallest absolute Gasteiger partial charge is 0.188 e. The van der Waals surface area contributed by atoms with Crippen LogP contribution in [-0.2, 0) is 77.2 Å². The zero-order chi connectivity index (χ0) is 36.3. The summed E-state index contributed by atoms with van der Waals surface area (Å²) in [6.07, 6.45) is -4.48. The van der Waals surface area contributed by atoms with E-state index in [4.69, 9.17) is 47.4 Å². The lowest BCUT2D eigenvalue weighted by atomic mass is 9.91. The predicted octanol–water partition coefficient (Wildman–Crippen LogP) is 2.79. The van der Waals surface area contributed by atoms with E-state index in [0.717, 1.165) is 0 Å². The van der Waals surface area contributed by atoms with Crippen molar-refractivity contribution in [3.8, 4) is 0 Å². The van der Waals surface area contributed by atoms with Crippen molar-refractivity contribution in [1.82, 2.24) is 0 Å². The Morgan fingerprint density at radius 2 is 0.653 bits per heavy atom. The lowest BCUT2D eigenvalue weighted by molar-refractivity contribution is -0.437. The van der Waals surface area contributed by atoms with Crippen molar-refractivity contribution in [2.75, 3.05) is 133 Å². The fourth-order valence-electron chi connectivity index (χ4n) is 3.52. The summed E-state index contributed by atoms with van der Waals surface area (Å²) in [5.74, 6) is 0. The predicted molar refractivity (Wildman–Crippen MR) is 141 cm³/mol. The van der Waals surface area contributed by atoms with Gasteiger partial charge in [-0.2, -0.15) is 19.7 Å². The average molecular weight is 753 g/mol. The van der Waals surface area contributed by atoms with Gasteiger partial charge in [-0.15, -0.1) is 0 Å². The van der Waals surface area contributed by atoms with Gasteiger partial charge in [0, 0.05) is 0 Å². The zero-order valence-corrected chi connectivity index (χ0v) is 26.5. The summed E-state index contributed by atoms with van der Waals surface area (Å²) in [5, 5.41) is 6.27. The van der Waals surface area contributed by atoms with Crippen LogP contribution in [0.2, 0.25) is 0 Å². The Balaban J connectivity index is 6.42. The minimum Gasteiger partial charge on any atom is -0.376 e. The molecule has 24 heteroatoms. The van der Waals surface area contributed by atoms with Gasteiger partial charge in [-0.05, 0) is 28.3 Å². The third-order valence-corrected chi connectivity index (χ3v) is 5.84. The van der Waals surface area contributed by atoms with E-state index in [-0.39, 0.29) is 26.4 Å². The fourth-order valence-corrected chi connectivity index (χ4v) is 3.52. The number of halogens is 8. The van der Waals surface area contributed by atoms with Gasteiger partial charge in [-0.1, -0.05) is 0 Å². The molecule has 2 unspecified atom stereocenters. The first-order chi connectivity index (χ1) is 24.0. The summed E-state index contributed by atoms with van der Waals surface area (Å²) in [5.41, 5.74) is -1.55. The second-order valence-corrected chi connectivity index (χ2v) is 9.62. The minimum absolute atomic E-state index is 0.255. The van der Waals surface area contributed by atoms with Crippen molar-refractivity contribution in [1.29, 1.82) is 0 Å². The molecule has 49 heavy (non-hydrogen) atoms. The van der Waals surface area contributed by atoms with Gasteiger partial charge < -0.3 is 47.4 Å². The molecule has 296 valence electrons. The maximum Gasteiger partial charge on any atom is 0.188 e. The van der Waals surface area contributed by atoms with E-state index in [1.54, 1.807) is 0 Å². The van der Waals surface area contributed by atoms with Crippen LogP contribution in [0.25, 0.3) is 0 Å². The Morgan fingerprint density at radius 1 is 0.367 bits per heavy atom. The van der Waals surface area contributed by atoms with Gasteiger partial charge in [0.2, 0.25) is 0 Å². The van der Waals surface area contributed by atoms with Gasteiger partial charge in [0.1, 0.15) is 50.8 Å². The van der Waals surface area contributed by atoms with E-state index in [9.17, 15) is 35.7 Å². The molecule has 0 aromatic heterocycles. The molecule has 0 saturated carbocycles. The first kappa shape index (κ1) is 47.8. The maximum absolute atomic E-state index is 12.8. The third kappa shape index (κ3) is 27.2. The van der Waals surface area contributed by atoms with E-state index in [2.05, 4.69) is 29.8 Å². The van der Waals surface area contributed by atoms with Crippen molar-refractivity contribution in [2.24, 2.45) is 5.41 Å². The Bertz CT molecular complexity index is 621. The van der Waals surface area contributed by atoms with Gasteiger partial charge in [-0.25, -0.2) is 17.6 Å². The molecule has 0 aromatic rings. The molecule has 0 radical (unpaired) electrons. The average Bonchev–Trinajstić information content (AvgIpc) is 3.12. The zero-order valence-electron chi connectivity index (χ0n) is 26.5. The number of hydrogen-bond donors (Lipinski definition) is 0. The van der Waals surface area contributed by atoms with Crippen LogP contribution in [0.1, 0.15) is 0 Å². The number of rotatable bonds is 40. The quantitative estimate of drug-likeness (QED) is 0.0391. The van der Waals surface area contributed by atoms with Crippen LogP contribution in [0, 0.1) is 5.41 Å². The number of hydrogen-bond acceptors (Lipinski definition) is 16. The molecule has 0 aromatic carbocycles. The van der Waals surface area contributed by atoms with Gasteiger partial charge in [0.05, 0.1) is 84.7 Å². The minimum atomic E-state index is -1.55. The van der Waals surface area contributed by atoms with Crippen LogP contribution in [-0.4, -0.2) is 158 Å².